The largest absolute Gasteiger partial charge is 0.384 e. The van der Waals surface area contributed by atoms with Crippen LogP contribution in [0.25, 0.3) is 0 Å². The first-order valence-corrected chi connectivity index (χ1v) is 7.84. The third kappa shape index (κ3) is 4.38. The van der Waals surface area contributed by atoms with E-state index in [1.165, 1.54) is 11.1 Å². The van der Waals surface area contributed by atoms with Crippen LogP contribution in [-0.4, -0.2) is 26.5 Å². The van der Waals surface area contributed by atoms with Crippen molar-refractivity contribution < 1.29 is 8.42 Å². The van der Waals surface area contributed by atoms with E-state index >= 15 is 0 Å². The molecule has 1 rings (SSSR count). The first-order valence-electron chi connectivity index (χ1n) is 6.02. The van der Waals surface area contributed by atoms with E-state index in [1.54, 1.807) is 6.92 Å². The highest BCUT2D eigenvalue weighted by Gasteiger charge is 2.06. The maximum absolute atomic E-state index is 11.3. The second kappa shape index (κ2) is 6.05. The van der Waals surface area contributed by atoms with Crippen LogP contribution in [0.5, 0.6) is 0 Å². The Labute approximate surface area is 104 Å². The molecule has 0 heterocycles. The lowest BCUT2D eigenvalue weighted by Crippen LogP contribution is -2.17. The lowest BCUT2D eigenvalue weighted by Gasteiger charge is -2.09. The van der Waals surface area contributed by atoms with Crippen molar-refractivity contribution in [1.29, 1.82) is 0 Å². The number of sulfone groups is 1. The zero-order chi connectivity index (χ0) is 12.9. The lowest BCUT2D eigenvalue weighted by atomic mass is 10.1. The highest BCUT2D eigenvalue weighted by Crippen LogP contribution is 2.15. The van der Waals surface area contributed by atoms with Crippen LogP contribution >= 0.6 is 0 Å². The molecule has 0 radical (unpaired) electrons. The predicted molar refractivity (Wildman–Crippen MR) is 73.4 cm³/mol. The summed E-state index contributed by atoms with van der Waals surface area (Å²) in [4.78, 5) is 0. The Morgan fingerprint density at radius 1 is 1.24 bits per heavy atom. The summed E-state index contributed by atoms with van der Waals surface area (Å²) in [6.45, 7) is 6.36. The SMILES string of the molecule is CCc1cc(NCCS(=O)(=O)CC)ccc1C. The number of aryl methyl sites for hydroxylation is 2. The molecule has 1 aromatic carbocycles. The number of anilines is 1. The molecule has 3 nitrogen and oxygen atoms in total. The molecule has 0 amide bonds. The van der Waals surface area contributed by atoms with Gasteiger partial charge in [-0.15, -0.1) is 0 Å². The highest BCUT2D eigenvalue weighted by atomic mass is 32.2. The van der Waals surface area contributed by atoms with E-state index in [9.17, 15) is 8.42 Å². The molecule has 0 saturated heterocycles. The Morgan fingerprint density at radius 2 is 1.94 bits per heavy atom. The zero-order valence-corrected chi connectivity index (χ0v) is 11.6. The molecule has 0 saturated carbocycles. The van der Waals surface area contributed by atoms with Crippen LogP contribution in [0.1, 0.15) is 25.0 Å². The molecule has 4 heteroatoms. The van der Waals surface area contributed by atoms with Gasteiger partial charge in [-0.25, -0.2) is 8.42 Å². The van der Waals surface area contributed by atoms with Crippen molar-refractivity contribution in [2.75, 3.05) is 23.4 Å². The summed E-state index contributed by atoms with van der Waals surface area (Å²) in [5.41, 5.74) is 3.58. The fraction of sp³-hybridized carbons (Fsp3) is 0.538. The van der Waals surface area contributed by atoms with Gasteiger partial charge in [-0.05, 0) is 36.6 Å². The topological polar surface area (TPSA) is 46.2 Å². The minimum absolute atomic E-state index is 0.193. The summed E-state index contributed by atoms with van der Waals surface area (Å²) < 4.78 is 22.7. The number of hydrogen-bond donors (Lipinski definition) is 1. The molecule has 1 aromatic rings. The number of rotatable bonds is 6. The van der Waals surface area contributed by atoms with Gasteiger partial charge in [0.15, 0.2) is 9.84 Å². The second-order valence-corrected chi connectivity index (χ2v) is 6.63. The fourth-order valence-corrected chi connectivity index (χ4v) is 2.36. The number of nitrogens with one attached hydrogen (secondary N) is 1. The van der Waals surface area contributed by atoms with E-state index in [-0.39, 0.29) is 11.5 Å². The molecule has 0 aliphatic rings. The summed E-state index contributed by atoms with van der Waals surface area (Å²) in [6, 6.07) is 6.15. The van der Waals surface area contributed by atoms with Gasteiger partial charge in [-0.3, -0.25) is 0 Å². The van der Waals surface area contributed by atoms with E-state index in [4.69, 9.17) is 0 Å². The van der Waals surface area contributed by atoms with Crippen molar-refractivity contribution in [1.82, 2.24) is 0 Å². The molecule has 0 atom stereocenters. The maximum atomic E-state index is 11.3. The number of hydrogen-bond acceptors (Lipinski definition) is 3. The van der Waals surface area contributed by atoms with Gasteiger partial charge in [0.05, 0.1) is 5.75 Å². The summed E-state index contributed by atoms with van der Waals surface area (Å²) in [7, 11) is -2.88. The minimum Gasteiger partial charge on any atom is -0.384 e. The smallest absolute Gasteiger partial charge is 0.151 e. The van der Waals surface area contributed by atoms with Crippen LogP contribution in [0.2, 0.25) is 0 Å². The van der Waals surface area contributed by atoms with E-state index < -0.39 is 9.84 Å². The van der Waals surface area contributed by atoms with Gasteiger partial charge in [0.2, 0.25) is 0 Å². The second-order valence-electron chi connectivity index (χ2n) is 4.16. The van der Waals surface area contributed by atoms with Gasteiger partial charge >= 0.3 is 0 Å². The van der Waals surface area contributed by atoms with Crippen molar-refractivity contribution in [2.45, 2.75) is 27.2 Å². The van der Waals surface area contributed by atoms with Crippen LogP contribution in [0.3, 0.4) is 0 Å². The lowest BCUT2D eigenvalue weighted by molar-refractivity contribution is 0.597. The molecule has 0 aliphatic carbocycles. The molecular formula is C13H21NO2S. The van der Waals surface area contributed by atoms with Crippen molar-refractivity contribution in [3.8, 4) is 0 Å². The average Bonchev–Trinajstić information content (AvgIpc) is 2.31. The molecule has 1 N–H and O–H groups in total. The summed E-state index contributed by atoms with van der Waals surface area (Å²) in [6.07, 6.45) is 0.995. The molecule has 96 valence electrons. The number of benzene rings is 1. The molecule has 0 unspecified atom stereocenters. The summed E-state index contributed by atoms with van der Waals surface area (Å²) in [5.74, 6) is 0.404. The van der Waals surface area contributed by atoms with E-state index in [2.05, 4.69) is 31.3 Å². The van der Waals surface area contributed by atoms with Crippen molar-refractivity contribution in [3.63, 3.8) is 0 Å². The predicted octanol–water partition coefficient (Wildman–Crippen LogP) is 2.40. The Hall–Kier alpha value is -1.03. The fourth-order valence-electron chi connectivity index (χ4n) is 1.66. The summed E-state index contributed by atoms with van der Waals surface area (Å²) >= 11 is 0. The van der Waals surface area contributed by atoms with Gasteiger partial charge in [-0.1, -0.05) is 19.9 Å². The van der Waals surface area contributed by atoms with Crippen LogP contribution < -0.4 is 5.32 Å². The van der Waals surface area contributed by atoms with Gasteiger partial charge in [0, 0.05) is 18.0 Å². The quantitative estimate of drug-likeness (QED) is 0.849. The van der Waals surface area contributed by atoms with Gasteiger partial charge in [0.25, 0.3) is 0 Å². The standard InChI is InChI=1S/C13H21NO2S/c1-4-12-10-13(7-6-11(12)3)14-8-9-17(15,16)5-2/h6-7,10,14H,4-5,8-9H2,1-3H3. The third-order valence-corrected chi connectivity index (χ3v) is 4.62. The summed E-state index contributed by atoms with van der Waals surface area (Å²) in [5, 5.41) is 3.16. The molecule has 0 aromatic heterocycles. The zero-order valence-electron chi connectivity index (χ0n) is 10.8. The molecular weight excluding hydrogens is 234 g/mol. The monoisotopic (exact) mass is 255 g/mol. The molecule has 0 spiro atoms. The highest BCUT2D eigenvalue weighted by molar-refractivity contribution is 7.91. The Kier molecular flexibility index (Phi) is 5.00. The van der Waals surface area contributed by atoms with E-state index in [0.717, 1.165) is 12.1 Å². The molecule has 0 aliphatic heterocycles. The van der Waals surface area contributed by atoms with Crippen molar-refractivity contribution in [2.24, 2.45) is 0 Å². The molecule has 0 fully saturated rings. The van der Waals surface area contributed by atoms with Crippen LogP contribution in [0.15, 0.2) is 18.2 Å². The Morgan fingerprint density at radius 3 is 2.53 bits per heavy atom. The Balaban J connectivity index is 2.58. The van der Waals surface area contributed by atoms with Gasteiger partial charge < -0.3 is 5.32 Å². The van der Waals surface area contributed by atoms with Crippen molar-refractivity contribution >= 4 is 15.5 Å². The van der Waals surface area contributed by atoms with Crippen molar-refractivity contribution in [3.05, 3.63) is 29.3 Å². The van der Waals surface area contributed by atoms with Crippen LogP contribution in [0, 0.1) is 6.92 Å². The van der Waals surface area contributed by atoms with E-state index in [1.807, 2.05) is 6.07 Å². The first-order chi connectivity index (χ1) is 7.98. The minimum atomic E-state index is -2.88. The Bertz CT molecular complexity index is 466. The first kappa shape index (κ1) is 14.0. The van der Waals surface area contributed by atoms with Gasteiger partial charge in [-0.2, -0.15) is 0 Å². The average molecular weight is 255 g/mol. The third-order valence-electron chi connectivity index (χ3n) is 2.91. The molecule has 0 bridgehead atoms. The maximum Gasteiger partial charge on any atom is 0.151 e. The normalized spacial score (nSPS) is 11.5. The van der Waals surface area contributed by atoms with Crippen LogP contribution in [-0.2, 0) is 16.3 Å². The van der Waals surface area contributed by atoms with Crippen LogP contribution in [0.4, 0.5) is 5.69 Å². The van der Waals surface area contributed by atoms with Gasteiger partial charge in [0.1, 0.15) is 0 Å². The molecule has 17 heavy (non-hydrogen) atoms. The van der Waals surface area contributed by atoms with E-state index in [0.29, 0.717) is 6.54 Å².